The van der Waals surface area contributed by atoms with Gasteiger partial charge in [-0.2, -0.15) is 0 Å². The van der Waals surface area contributed by atoms with Crippen molar-refractivity contribution in [3.8, 4) is 0 Å². The molecule has 0 radical (unpaired) electrons. The third-order valence-corrected chi connectivity index (χ3v) is 4.79. The van der Waals surface area contributed by atoms with E-state index in [1.54, 1.807) is 12.1 Å². The van der Waals surface area contributed by atoms with Crippen LogP contribution in [0.5, 0.6) is 0 Å². The molecule has 2 unspecified atom stereocenters. The maximum absolute atomic E-state index is 12.9. The molecule has 5 heteroatoms. The number of carbonyl (C=O) groups excluding carboxylic acids is 2. The number of halogens is 1. The Labute approximate surface area is 166 Å². The second-order valence-corrected chi connectivity index (χ2v) is 7.63. The van der Waals surface area contributed by atoms with E-state index in [0.29, 0.717) is 17.0 Å². The van der Waals surface area contributed by atoms with Gasteiger partial charge in [0, 0.05) is 10.6 Å². The molecule has 0 spiro atoms. The minimum Gasteiger partial charge on any atom is -0.348 e. The third-order valence-electron chi connectivity index (χ3n) is 4.45. The highest BCUT2D eigenvalue weighted by atomic mass is 35.5. The Hall–Kier alpha value is -2.33. The van der Waals surface area contributed by atoms with Gasteiger partial charge >= 0.3 is 0 Å². The summed E-state index contributed by atoms with van der Waals surface area (Å²) in [4.78, 5) is 25.5. The zero-order chi connectivity index (χ0) is 20.0. The summed E-state index contributed by atoms with van der Waals surface area (Å²) < 4.78 is 0. The first kappa shape index (κ1) is 21.0. The number of hydrogen-bond acceptors (Lipinski definition) is 2. The SMILES string of the molecule is Cc1ccccc1C(=O)NC(CC(C)C)C(=O)NC(C)c1ccccc1Cl. The van der Waals surface area contributed by atoms with Crippen molar-refractivity contribution in [1.82, 2.24) is 10.6 Å². The Morgan fingerprint density at radius 1 is 0.963 bits per heavy atom. The first-order chi connectivity index (χ1) is 12.8. The molecule has 2 aromatic rings. The molecule has 0 saturated heterocycles. The highest BCUT2D eigenvalue weighted by molar-refractivity contribution is 6.31. The summed E-state index contributed by atoms with van der Waals surface area (Å²) in [6.45, 7) is 7.82. The van der Waals surface area contributed by atoms with Crippen LogP contribution in [-0.2, 0) is 4.79 Å². The predicted octanol–water partition coefficient (Wildman–Crippen LogP) is 4.67. The van der Waals surface area contributed by atoms with Crippen LogP contribution >= 0.6 is 11.6 Å². The number of aryl methyl sites for hydroxylation is 1. The second-order valence-electron chi connectivity index (χ2n) is 7.22. The van der Waals surface area contributed by atoms with E-state index >= 15 is 0 Å². The molecule has 0 saturated carbocycles. The van der Waals surface area contributed by atoms with Crippen LogP contribution in [0.3, 0.4) is 0 Å². The number of benzene rings is 2. The van der Waals surface area contributed by atoms with Crippen molar-refractivity contribution in [2.24, 2.45) is 5.92 Å². The fraction of sp³-hybridized carbons (Fsp3) is 0.364. The van der Waals surface area contributed by atoms with Crippen LogP contribution in [0.1, 0.15) is 54.7 Å². The third kappa shape index (κ3) is 5.83. The lowest BCUT2D eigenvalue weighted by Gasteiger charge is -2.23. The molecule has 2 atom stereocenters. The van der Waals surface area contributed by atoms with Crippen molar-refractivity contribution in [1.29, 1.82) is 0 Å². The van der Waals surface area contributed by atoms with Crippen LogP contribution in [0.25, 0.3) is 0 Å². The van der Waals surface area contributed by atoms with Crippen molar-refractivity contribution in [3.63, 3.8) is 0 Å². The molecule has 0 bridgehead atoms. The van der Waals surface area contributed by atoms with Gasteiger partial charge in [0.25, 0.3) is 5.91 Å². The number of carbonyl (C=O) groups is 2. The molecule has 2 amide bonds. The van der Waals surface area contributed by atoms with Gasteiger partial charge < -0.3 is 10.6 Å². The first-order valence-corrected chi connectivity index (χ1v) is 9.58. The monoisotopic (exact) mass is 386 g/mol. The van der Waals surface area contributed by atoms with Gasteiger partial charge in [0.1, 0.15) is 6.04 Å². The summed E-state index contributed by atoms with van der Waals surface area (Å²) >= 11 is 6.23. The van der Waals surface area contributed by atoms with Crippen molar-refractivity contribution < 1.29 is 9.59 Å². The first-order valence-electron chi connectivity index (χ1n) is 9.21. The van der Waals surface area contributed by atoms with E-state index in [2.05, 4.69) is 10.6 Å². The van der Waals surface area contributed by atoms with Crippen LogP contribution < -0.4 is 10.6 Å². The lowest BCUT2D eigenvalue weighted by molar-refractivity contribution is -0.124. The van der Waals surface area contributed by atoms with E-state index in [9.17, 15) is 9.59 Å². The average molecular weight is 387 g/mol. The summed E-state index contributed by atoms with van der Waals surface area (Å²) in [6, 6.07) is 13.9. The molecule has 0 aliphatic heterocycles. The van der Waals surface area contributed by atoms with Crippen molar-refractivity contribution >= 4 is 23.4 Å². The zero-order valence-electron chi connectivity index (χ0n) is 16.3. The number of hydrogen-bond donors (Lipinski definition) is 2. The Morgan fingerprint density at radius 3 is 2.22 bits per heavy atom. The van der Waals surface area contributed by atoms with Gasteiger partial charge in [-0.15, -0.1) is 0 Å². The van der Waals surface area contributed by atoms with Gasteiger partial charge in [-0.1, -0.05) is 61.8 Å². The van der Waals surface area contributed by atoms with Crippen LogP contribution in [0, 0.1) is 12.8 Å². The van der Waals surface area contributed by atoms with Crippen molar-refractivity contribution in [2.75, 3.05) is 0 Å². The van der Waals surface area contributed by atoms with E-state index in [1.807, 2.05) is 64.1 Å². The normalized spacial score (nSPS) is 13.1. The van der Waals surface area contributed by atoms with Gasteiger partial charge in [-0.05, 0) is 49.4 Å². The van der Waals surface area contributed by atoms with Gasteiger partial charge in [0.15, 0.2) is 0 Å². The molecule has 4 nitrogen and oxygen atoms in total. The summed E-state index contributed by atoms with van der Waals surface area (Å²) in [7, 11) is 0. The Kier molecular flexibility index (Phi) is 7.43. The van der Waals surface area contributed by atoms with E-state index in [4.69, 9.17) is 11.6 Å². The average Bonchev–Trinajstić information content (AvgIpc) is 2.61. The van der Waals surface area contributed by atoms with Crippen molar-refractivity contribution in [2.45, 2.75) is 46.2 Å². The number of nitrogens with one attached hydrogen (secondary N) is 2. The summed E-state index contributed by atoms with van der Waals surface area (Å²) in [5.74, 6) is -0.189. The van der Waals surface area contributed by atoms with Gasteiger partial charge in [-0.25, -0.2) is 0 Å². The second kappa shape index (κ2) is 9.56. The Morgan fingerprint density at radius 2 is 1.59 bits per heavy atom. The molecule has 2 aromatic carbocycles. The summed E-state index contributed by atoms with van der Waals surface area (Å²) in [6.07, 6.45) is 0.554. The number of amides is 2. The fourth-order valence-corrected chi connectivity index (χ4v) is 3.28. The molecule has 144 valence electrons. The number of rotatable bonds is 7. The van der Waals surface area contributed by atoms with E-state index in [-0.39, 0.29) is 23.8 Å². The standard InChI is InChI=1S/C22H27ClN2O2/c1-14(2)13-20(25-21(26)17-10-6-5-9-15(17)3)22(27)24-16(4)18-11-7-8-12-19(18)23/h5-12,14,16,20H,13H2,1-4H3,(H,24,27)(H,25,26). The van der Waals surface area contributed by atoms with E-state index in [1.165, 1.54) is 0 Å². The molecule has 0 fully saturated rings. The van der Waals surface area contributed by atoms with Gasteiger partial charge in [-0.3, -0.25) is 9.59 Å². The molecule has 2 rings (SSSR count). The van der Waals surface area contributed by atoms with Crippen LogP contribution in [-0.4, -0.2) is 17.9 Å². The smallest absolute Gasteiger partial charge is 0.252 e. The Bertz CT molecular complexity index is 804. The maximum Gasteiger partial charge on any atom is 0.252 e. The Balaban J connectivity index is 2.13. The summed E-state index contributed by atoms with van der Waals surface area (Å²) in [5.41, 5.74) is 2.31. The highest BCUT2D eigenvalue weighted by Crippen LogP contribution is 2.22. The van der Waals surface area contributed by atoms with Gasteiger partial charge in [0.2, 0.25) is 5.91 Å². The molecule has 0 aliphatic carbocycles. The molecule has 27 heavy (non-hydrogen) atoms. The largest absolute Gasteiger partial charge is 0.348 e. The van der Waals surface area contributed by atoms with Crippen LogP contribution in [0.2, 0.25) is 5.02 Å². The lowest BCUT2D eigenvalue weighted by atomic mass is 10.0. The predicted molar refractivity (Wildman–Crippen MR) is 110 cm³/mol. The van der Waals surface area contributed by atoms with Crippen LogP contribution in [0.4, 0.5) is 0 Å². The van der Waals surface area contributed by atoms with E-state index < -0.39 is 6.04 Å². The topological polar surface area (TPSA) is 58.2 Å². The highest BCUT2D eigenvalue weighted by Gasteiger charge is 2.25. The minimum absolute atomic E-state index is 0.210. The molecule has 0 aliphatic rings. The van der Waals surface area contributed by atoms with E-state index in [0.717, 1.165) is 11.1 Å². The molecular weight excluding hydrogens is 360 g/mol. The quantitative estimate of drug-likeness (QED) is 0.726. The molecule has 2 N–H and O–H groups in total. The minimum atomic E-state index is -0.609. The molecule has 0 aromatic heterocycles. The molecular formula is C22H27ClN2O2. The fourth-order valence-electron chi connectivity index (χ4n) is 2.98. The van der Waals surface area contributed by atoms with Gasteiger partial charge in [0.05, 0.1) is 6.04 Å². The van der Waals surface area contributed by atoms with Crippen molar-refractivity contribution in [3.05, 3.63) is 70.2 Å². The lowest BCUT2D eigenvalue weighted by Crippen LogP contribution is -2.48. The van der Waals surface area contributed by atoms with Crippen LogP contribution in [0.15, 0.2) is 48.5 Å². The molecule has 0 heterocycles. The summed E-state index contributed by atoms with van der Waals surface area (Å²) in [5, 5.41) is 6.47. The maximum atomic E-state index is 12.9. The zero-order valence-corrected chi connectivity index (χ0v) is 17.0.